The monoisotopic (exact) mass is 288 g/mol. The number of hydrogen-bond acceptors (Lipinski definition) is 4. The van der Waals surface area contributed by atoms with Crippen LogP contribution < -0.4 is 16.4 Å². The number of aromatic nitrogens is 1. The van der Waals surface area contributed by atoms with Crippen molar-refractivity contribution in [2.24, 2.45) is 5.73 Å². The van der Waals surface area contributed by atoms with Gasteiger partial charge >= 0.3 is 6.03 Å². The van der Waals surface area contributed by atoms with Crippen LogP contribution in [0.1, 0.15) is 17.0 Å². The fourth-order valence-corrected chi connectivity index (χ4v) is 1.94. The van der Waals surface area contributed by atoms with E-state index in [1.54, 1.807) is 38.1 Å². The molecule has 0 atom stereocenters. The van der Waals surface area contributed by atoms with Gasteiger partial charge in [-0.3, -0.25) is 4.79 Å². The number of urea groups is 1. The molecule has 0 aliphatic carbocycles. The number of anilines is 2. The molecule has 0 saturated heterocycles. The summed E-state index contributed by atoms with van der Waals surface area (Å²) in [5.41, 5.74) is 7.60. The lowest BCUT2D eigenvalue weighted by Crippen LogP contribution is -2.19. The molecule has 1 aromatic heterocycles. The molecular formula is C14H16N4O3. The van der Waals surface area contributed by atoms with Crippen LogP contribution in [0.2, 0.25) is 0 Å². The van der Waals surface area contributed by atoms with E-state index in [0.29, 0.717) is 22.8 Å². The summed E-state index contributed by atoms with van der Waals surface area (Å²) in [5.74, 6) is 0.437. The van der Waals surface area contributed by atoms with Crippen LogP contribution in [-0.2, 0) is 11.2 Å². The van der Waals surface area contributed by atoms with Crippen molar-refractivity contribution in [2.75, 3.05) is 10.6 Å². The molecule has 2 aromatic rings. The third-order valence-electron chi connectivity index (χ3n) is 2.93. The van der Waals surface area contributed by atoms with E-state index in [-0.39, 0.29) is 12.3 Å². The zero-order valence-electron chi connectivity index (χ0n) is 11.8. The van der Waals surface area contributed by atoms with Crippen LogP contribution in [0.4, 0.5) is 16.2 Å². The molecule has 3 amide bonds. The second-order valence-corrected chi connectivity index (χ2v) is 4.60. The summed E-state index contributed by atoms with van der Waals surface area (Å²) >= 11 is 0. The molecule has 0 radical (unpaired) electrons. The zero-order chi connectivity index (χ0) is 15.4. The fourth-order valence-electron chi connectivity index (χ4n) is 1.94. The van der Waals surface area contributed by atoms with Gasteiger partial charge in [0.1, 0.15) is 5.76 Å². The van der Waals surface area contributed by atoms with Crippen molar-refractivity contribution in [1.29, 1.82) is 0 Å². The second kappa shape index (κ2) is 6.08. The van der Waals surface area contributed by atoms with Crippen LogP contribution in [-0.4, -0.2) is 17.1 Å². The van der Waals surface area contributed by atoms with Gasteiger partial charge in [0.25, 0.3) is 0 Å². The number of benzene rings is 1. The van der Waals surface area contributed by atoms with Crippen molar-refractivity contribution in [2.45, 2.75) is 20.3 Å². The number of carbonyl (C=O) groups is 2. The van der Waals surface area contributed by atoms with Crippen molar-refractivity contribution >= 4 is 23.3 Å². The molecule has 0 fully saturated rings. The fraction of sp³-hybridized carbons (Fsp3) is 0.214. The Balaban J connectivity index is 2.04. The maximum Gasteiger partial charge on any atom is 0.316 e. The van der Waals surface area contributed by atoms with Crippen LogP contribution >= 0.6 is 0 Å². The van der Waals surface area contributed by atoms with Gasteiger partial charge in [-0.2, -0.15) is 0 Å². The molecule has 0 saturated carbocycles. The largest absolute Gasteiger partial charge is 0.361 e. The third kappa shape index (κ3) is 3.82. The molecule has 7 nitrogen and oxygen atoms in total. The standard InChI is InChI=1S/C14H16N4O3/c1-8-12(9(2)21-18-8)7-13(19)16-10-4-3-5-11(6-10)17-14(15)20/h3-6H,7H2,1-2H3,(H,16,19)(H3,15,17,20). The molecule has 0 bridgehead atoms. The number of nitrogens with two attached hydrogens (primary N) is 1. The number of amides is 3. The smallest absolute Gasteiger partial charge is 0.316 e. The maximum atomic E-state index is 12.0. The zero-order valence-corrected chi connectivity index (χ0v) is 11.8. The van der Waals surface area contributed by atoms with E-state index in [2.05, 4.69) is 15.8 Å². The molecular weight excluding hydrogens is 272 g/mol. The molecule has 2 rings (SSSR count). The van der Waals surface area contributed by atoms with Crippen LogP contribution in [0.5, 0.6) is 0 Å². The first kappa shape index (κ1) is 14.6. The highest BCUT2D eigenvalue weighted by molar-refractivity contribution is 5.94. The average Bonchev–Trinajstić information content (AvgIpc) is 2.70. The second-order valence-electron chi connectivity index (χ2n) is 4.60. The maximum absolute atomic E-state index is 12.0. The summed E-state index contributed by atoms with van der Waals surface area (Å²) in [4.78, 5) is 22.8. The van der Waals surface area contributed by atoms with Gasteiger partial charge in [-0.25, -0.2) is 4.79 Å². The number of nitrogens with one attached hydrogen (secondary N) is 2. The third-order valence-corrected chi connectivity index (χ3v) is 2.93. The number of carbonyl (C=O) groups excluding carboxylic acids is 2. The van der Waals surface area contributed by atoms with E-state index in [9.17, 15) is 9.59 Å². The minimum atomic E-state index is -0.658. The summed E-state index contributed by atoms with van der Waals surface area (Å²) in [7, 11) is 0. The quantitative estimate of drug-likeness (QED) is 0.798. The highest BCUT2D eigenvalue weighted by Gasteiger charge is 2.13. The number of aryl methyl sites for hydroxylation is 2. The first-order valence-corrected chi connectivity index (χ1v) is 6.34. The van der Waals surface area contributed by atoms with E-state index in [1.807, 2.05) is 0 Å². The molecule has 7 heteroatoms. The summed E-state index contributed by atoms with van der Waals surface area (Å²) in [5, 5.41) is 9.00. The van der Waals surface area contributed by atoms with Gasteiger partial charge in [-0.05, 0) is 32.0 Å². The van der Waals surface area contributed by atoms with Gasteiger partial charge in [0.2, 0.25) is 5.91 Å². The molecule has 1 aromatic carbocycles. The predicted octanol–water partition coefficient (Wildman–Crippen LogP) is 1.96. The summed E-state index contributed by atoms with van der Waals surface area (Å²) in [6.07, 6.45) is 0.175. The molecule has 21 heavy (non-hydrogen) atoms. The van der Waals surface area contributed by atoms with Crippen LogP contribution in [0, 0.1) is 13.8 Å². The number of nitrogens with zero attached hydrogens (tertiary/aromatic N) is 1. The van der Waals surface area contributed by atoms with Crippen LogP contribution in [0.15, 0.2) is 28.8 Å². The molecule has 0 spiro atoms. The normalized spacial score (nSPS) is 10.2. The first-order valence-electron chi connectivity index (χ1n) is 6.34. The van der Waals surface area contributed by atoms with Gasteiger partial charge in [-0.15, -0.1) is 0 Å². The van der Waals surface area contributed by atoms with E-state index in [1.165, 1.54) is 0 Å². The van der Waals surface area contributed by atoms with E-state index in [4.69, 9.17) is 10.3 Å². The number of hydrogen-bond donors (Lipinski definition) is 3. The van der Waals surface area contributed by atoms with Crippen molar-refractivity contribution in [3.05, 3.63) is 41.3 Å². The summed E-state index contributed by atoms with van der Waals surface area (Å²) < 4.78 is 5.02. The minimum absolute atomic E-state index is 0.175. The van der Waals surface area contributed by atoms with Gasteiger partial charge in [0.05, 0.1) is 12.1 Å². The van der Waals surface area contributed by atoms with Gasteiger partial charge in [0.15, 0.2) is 0 Å². The van der Waals surface area contributed by atoms with E-state index >= 15 is 0 Å². The van der Waals surface area contributed by atoms with Crippen molar-refractivity contribution in [3.63, 3.8) is 0 Å². The van der Waals surface area contributed by atoms with Gasteiger partial charge in [0, 0.05) is 16.9 Å². The highest BCUT2D eigenvalue weighted by atomic mass is 16.5. The number of rotatable bonds is 4. The van der Waals surface area contributed by atoms with Crippen molar-refractivity contribution in [3.8, 4) is 0 Å². The lowest BCUT2D eigenvalue weighted by molar-refractivity contribution is -0.115. The Kier molecular flexibility index (Phi) is 4.22. The Bertz CT molecular complexity index is 659. The lowest BCUT2D eigenvalue weighted by atomic mass is 10.1. The van der Waals surface area contributed by atoms with Crippen molar-refractivity contribution in [1.82, 2.24) is 5.16 Å². The molecule has 1 heterocycles. The average molecular weight is 288 g/mol. The summed E-state index contributed by atoms with van der Waals surface area (Å²) in [6, 6.07) is 6.06. The number of primary amides is 1. The van der Waals surface area contributed by atoms with Gasteiger partial charge < -0.3 is 20.9 Å². The Hall–Kier alpha value is -2.83. The topological polar surface area (TPSA) is 110 Å². The SMILES string of the molecule is Cc1noc(C)c1CC(=O)Nc1cccc(NC(N)=O)c1. The van der Waals surface area contributed by atoms with E-state index in [0.717, 1.165) is 5.56 Å². The van der Waals surface area contributed by atoms with E-state index < -0.39 is 6.03 Å². The first-order chi connectivity index (χ1) is 9.95. The lowest BCUT2D eigenvalue weighted by Gasteiger charge is -2.07. The summed E-state index contributed by atoms with van der Waals surface area (Å²) in [6.45, 7) is 3.55. The highest BCUT2D eigenvalue weighted by Crippen LogP contribution is 2.17. The molecule has 0 aliphatic rings. The van der Waals surface area contributed by atoms with Gasteiger partial charge in [-0.1, -0.05) is 11.2 Å². The Morgan fingerprint density at radius 3 is 2.48 bits per heavy atom. The minimum Gasteiger partial charge on any atom is -0.361 e. The molecule has 4 N–H and O–H groups in total. The Morgan fingerprint density at radius 2 is 1.90 bits per heavy atom. The molecule has 0 unspecified atom stereocenters. The molecule has 0 aliphatic heterocycles. The predicted molar refractivity (Wildman–Crippen MR) is 78.0 cm³/mol. The van der Waals surface area contributed by atoms with Crippen LogP contribution in [0.3, 0.4) is 0 Å². The molecule has 110 valence electrons. The van der Waals surface area contributed by atoms with Crippen molar-refractivity contribution < 1.29 is 14.1 Å². The Morgan fingerprint density at radius 1 is 1.24 bits per heavy atom. The Labute approximate surface area is 121 Å². The van der Waals surface area contributed by atoms with Crippen LogP contribution in [0.25, 0.3) is 0 Å².